The lowest BCUT2D eigenvalue weighted by atomic mass is 9.99. The van der Waals surface area contributed by atoms with Gasteiger partial charge in [0, 0.05) is 12.3 Å². The Hall–Kier alpha value is -3.12. The van der Waals surface area contributed by atoms with Crippen LogP contribution in [0.1, 0.15) is 51.5 Å². The van der Waals surface area contributed by atoms with E-state index in [1.165, 1.54) is 0 Å². The summed E-state index contributed by atoms with van der Waals surface area (Å²) >= 11 is 0. The van der Waals surface area contributed by atoms with E-state index in [1.54, 1.807) is 12.1 Å². The summed E-state index contributed by atoms with van der Waals surface area (Å²) < 4.78 is 33.3. The molecule has 1 heterocycles. The molecule has 1 unspecified atom stereocenters. The minimum Gasteiger partial charge on any atom is -0.424 e. The van der Waals surface area contributed by atoms with Crippen LogP contribution in [0.25, 0.3) is 10.8 Å². The molecular weight excluding hydrogens is 430 g/mol. The number of unbranched alkanes of at least 4 members (excludes halogenated alkanes) is 2. The number of amides is 1. The fourth-order valence-corrected chi connectivity index (χ4v) is 4.70. The molecule has 0 aliphatic carbocycles. The zero-order valence-corrected chi connectivity index (χ0v) is 19.1. The fraction of sp³-hybridized carbons (Fsp3) is 0.435. The van der Waals surface area contributed by atoms with Gasteiger partial charge in [0.05, 0.1) is 11.8 Å². The monoisotopic (exact) mass is 457 g/mol. The number of nitriles is 1. The Morgan fingerprint density at radius 2 is 2.03 bits per heavy atom. The molecule has 0 spiro atoms. The van der Waals surface area contributed by atoms with E-state index < -0.39 is 22.1 Å². The molecule has 1 atom stereocenters. The molecule has 1 aliphatic heterocycles. The molecule has 1 N–H and O–H groups in total. The number of hydrogen-bond acceptors (Lipinski definition) is 6. The van der Waals surface area contributed by atoms with Crippen LogP contribution in [0.4, 0.5) is 5.69 Å². The topological polar surface area (TPSA) is 117 Å². The molecule has 2 aromatic carbocycles. The van der Waals surface area contributed by atoms with Crippen molar-refractivity contribution in [2.75, 3.05) is 10.8 Å². The van der Waals surface area contributed by atoms with Crippen LogP contribution in [0.5, 0.6) is 5.75 Å². The normalized spacial score (nSPS) is 15.9. The number of ether oxygens (including phenoxy) is 1. The third kappa shape index (κ3) is 5.56. The van der Waals surface area contributed by atoms with Crippen molar-refractivity contribution >= 4 is 38.5 Å². The van der Waals surface area contributed by atoms with Gasteiger partial charge in [0.2, 0.25) is 0 Å². The van der Waals surface area contributed by atoms with Gasteiger partial charge in [-0.05, 0) is 54.7 Å². The van der Waals surface area contributed by atoms with Crippen LogP contribution >= 0.6 is 0 Å². The molecule has 0 bridgehead atoms. The Morgan fingerprint density at radius 3 is 2.69 bits per heavy atom. The molecule has 2 aromatic rings. The van der Waals surface area contributed by atoms with Crippen molar-refractivity contribution in [1.29, 1.82) is 5.26 Å². The summed E-state index contributed by atoms with van der Waals surface area (Å²) in [5.41, 5.74) is 1.15. The summed E-state index contributed by atoms with van der Waals surface area (Å²) in [7, 11) is -4.07. The molecule has 0 radical (unpaired) electrons. The van der Waals surface area contributed by atoms with E-state index in [4.69, 9.17) is 10.00 Å². The largest absolute Gasteiger partial charge is 0.424 e. The summed E-state index contributed by atoms with van der Waals surface area (Å²) in [6.45, 7) is 3.51. The van der Waals surface area contributed by atoms with E-state index >= 15 is 0 Å². The van der Waals surface area contributed by atoms with Gasteiger partial charge in [-0.25, -0.2) is 9.03 Å². The molecule has 0 saturated carbocycles. The number of aryl methyl sites for hydroxylation is 1. The lowest BCUT2D eigenvalue weighted by molar-refractivity contribution is -0.134. The first-order valence-corrected chi connectivity index (χ1v) is 12.2. The second-order valence-electron chi connectivity index (χ2n) is 8.04. The van der Waals surface area contributed by atoms with Crippen molar-refractivity contribution in [3.05, 3.63) is 35.9 Å². The Morgan fingerprint density at radius 1 is 1.25 bits per heavy atom. The number of carbonyl (C=O) groups excluding carboxylic acids is 2. The van der Waals surface area contributed by atoms with Gasteiger partial charge < -0.3 is 4.74 Å². The highest BCUT2D eigenvalue weighted by atomic mass is 32.2. The first-order chi connectivity index (χ1) is 15.2. The average molecular weight is 458 g/mol. The van der Waals surface area contributed by atoms with Gasteiger partial charge >= 0.3 is 16.2 Å². The summed E-state index contributed by atoms with van der Waals surface area (Å²) in [5, 5.41) is 10.5. The van der Waals surface area contributed by atoms with E-state index in [2.05, 4.69) is 6.07 Å². The van der Waals surface area contributed by atoms with Gasteiger partial charge in [-0.3, -0.25) is 9.59 Å². The first-order valence-electron chi connectivity index (χ1n) is 10.7. The molecule has 0 aromatic heterocycles. The minimum absolute atomic E-state index is 0.0671. The number of rotatable bonds is 9. The summed E-state index contributed by atoms with van der Waals surface area (Å²) in [5.74, 6) is -1.06. The van der Waals surface area contributed by atoms with Gasteiger partial charge in [0.25, 0.3) is 5.91 Å². The number of hydrogen-bond donors (Lipinski definition) is 1. The average Bonchev–Trinajstić information content (AvgIpc) is 3.03. The van der Waals surface area contributed by atoms with Gasteiger partial charge in [-0.15, -0.1) is 0 Å². The molecule has 1 aliphatic rings. The molecule has 8 nitrogen and oxygen atoms in total. The van der Waals surface area contributed by atoms with E-state index in [-0.39, 0.29) is 30.3 Å². The summed E-state index contributed by atoms with van der Waals surface area (Å²) in [4.78, 5) is 24.1. The lowest BCUT2D eigenvalue weighted by Crippen LogP contribution is -2.30. The third-order valence-corrected chi connectivity index (χ3v) is 6.76. The zero-order valence-electron chi connectivity index (χ0n) is 18.3. The van der Waals surface area contributed by atoms with E-state index in [9.17, 15) is 18.0 Å². The molecule has 1 amide bonds. The van der Waals surface area contributed by atoms with Crippen molar-refractivity contribution in [2.45, 2.75) is 52.4 Å². The van der Waals surface area contributed by atoms with Gasteiger partial charge in [0.1, 0.15) is 6.54 Å². The van der Waals surface area contributed by atoms with Crippen molar-refractivity contribution in [1.82, 2.24) is 4.72 Å². The highest BCUT2D eigenvalue weighted by molar-refractivity contribution is 7.92. The van der Waals surface area contributed by atoms with Gasteiger partial charge in [-0.2, -0.15) is 13.7 Å². The van der Waals surface area contributed by atoms with Crippen LogP contribution in [0.2, 0.25) is 0 Å². The number of nitrogens with one attached hydrogen (secondary N) is 1. The molecule has 9 heteroatoms. The molecule has 1 fully saturated rings. The standard InChI is InChI=1S/C23H27N3O5S/c1-3-4-5-6-23(28)31-21-13-18-10-9-17(8-7-16(2)14-24)11-19(18)12-20(21)26-15-22(27)25-32(26,29)30/h9-13,16H,3-8,15H2,1-2H3,(H,25,27). The van der Waals surface area contributed by atoms with Crippen LogP contribution in [0.3, 0.4) is 0 Å². The molecule has 170 valence electrons. The molecule has 1 saturated heterocycles. The van der Waals surface area contributed by atoms with Gasteiger partial charge in [-0.1, -0.05) is 38.0 Å². The Bertz CT molecular complexity index is 1170. The van der Waals surface area contributed by atoms with E-state index in [1.807, 2.05) is 36.8 Å². The van der Waals surface area contributed by atoms with Crippen molar-refractivity contribution in [3.8, 4) is 11.8 Å². The quantitative estimate of drug-likeness (QED) is 0.349. The number of nitrogens with zero attached hydrogens (tertiary/aromatic N) is 2. The number of benzene rings is 2. The molecule has 3 rings (SSSR count). The number of carbonyl (C=O) groups is 2. The molecule has 32 heavy (non-hydrogen) atoms. The Labute approximate surface area is 188 Å². The fourth-order valence-electron chi connectivity index (χ4n) is 3.55. The van der Waals surface area contributed by atoms with Crippen molar-refractivity contribution in [3.63, 3.8) is 0 Å². The third-order valence-electron chi connectivity index (χ3n) is 5.37. The van der Waals surface area contributed by atoms with Gasteiger partial charge in [0.15, 0.2) is 5.75 Å². The van der Waals surface area contributed by atoms with Crippen LogP contribution < -0.4 is 13.8 Å². The van der Waals surface area contributed by atoms with Crippen LogP contribution in [-0.2, 0) is 26.2 Å². The SMILES string of the molecule is CCCCCC(=O)Oc1cc2ccc(CCC(C)C#N)cc2cc1N1CC(=O)NS1(=O)=O. The van der Waals surface area contributed by atoms with Crippen LogP contribution in [-0.4, -0.2) is 26.8 Å². The lowest BCUT2D eigenvalue weighted by Gasteiger charge is -2.19. The minimum atomic E-state index is -4.07. The smallest absolute Gasteiger partial charge is 0.326 e. The maximum atomic E-state index is 12.5. The predicted octanol–water partition coefficient (Wildman–Crippen LogP) is 3.60. The number of fused-ring (bicyclic) bond motifs is 1. The summed E-state index contributed by atoms with van der Waals surface area (Å²) in [6, 6.07) is 11.2. The molecular formula is C23H27N3O5S. The van der Waals surface area contributed by atoms with E-state index in [0.717, 1.165) is 33.5 Å². The number of anilines is 1. The predicted molar refractivity (Wildman–Crippen MR) is 121 cm³/mol. The zero-order chi connectivity index (χ0) is 23.3. The highest BCUT2D eigenvalue weighted by Crippen LogP contribution is 2.36. The summed E-state index contributed by atoms with van der Waals surface area (Å²) in [6.07, 6.45) is 4.18. The van der Waals surface area contributed by atoms with Crippen LogP contribution in [0.15, 0.2) is 30.3 Å². The maximum Gasteiger partial charge on any atom is 0.326 e. The highest BCUT2D eigenvalue weighted by Gasteiger charge is 2.36. The van der Waals surface area contributed by atoms with Crippen LogP contribution in [0, 0.1) is 17.2 Å². The maximum absolute atomic E-state index is 12.5. The van der Waals surface area contributed by atoms with E-state index in [0.29, 0.717) is 19.3 Å². The second kappa shape index (κ2) is 10.0. The van der Waals surface area contributed by atoms with Crippen molar-refractivity contribution < 1.29 is 22.7 Å². The Kier molecular flexibility index (Phi) is 7.36. The number of esters is 1. The van der Waals surface area contributed by atoms with Crippen molar-refractivity contribution in [2.24, 2.45) is 5.92 Å². The second-order valence-corrected chi connectivity index (χ2v) is 9.63. The Balaban J connectivity index is 1.99. The first kappa shape index (κ1) is 23.5.